The van der Waals surface area contributed by atoms with Crippen molar-refractivity contribution in [3.8, 4) is 16.9 Å². The highest BCUT2D eigenvalue weighted by atomic mass is 33.1. The Morgan fingerprint density at radius 1 is 0.490 bits per heavy atom. The quantitative estimate of drug-likeness (QED) is 0.00899. The highest BCUT2D eigenvalue weighted by Crippen LogP contribution is 2.35. The van der Waals surface area contributed by atoms with Crippen LogP contribution in [0.25, 0.3) is 11.1 Å². The first-order valence-corrected chi connectivity index (χ1v) is 51.5. The summed E-state index contributed by atoms with van der Waals surface area (Å²) in [5, 5.41) is 108. The van der Waals surface area contributed by atoms with Gasteiger partial charge in [-0.2, -0.15) is 0 Å². The minimum Gasteiger partial charge on any atom is -0.508 e. The fourth-order valence-corrected chi connectivity index (χ4v) is 19.4. The third-order valence-electron chi connectivity index (χ3n) is 25.0. The molecule has 3 heterocycles. The topological polar surface area (TPSA) is 787 Å². The van der Waals surface area contributed by atoms with E-state index in [4.69, 9.17) is 50.3 Å². The third kappa shape index (κ3) is 39.8. The molecule has 3 saturated heterocycles. The molecule has 0 saturated carbocycles. The van der Waals surface area contributed by atoms with E-state index in [2.05, 4.69) is 90.4 Å². The molecule has 0 unspecified atom stereocenters. The lowest BCUT2D eigenvalue weighted by molar-refractivity contribution is -0.146. The van der Waals surface area contributed by atoms with Crippen molar-refractivity contribution in [3.05, 3.63) is 126 Å². The molecule has 50 heteroatoms. The molecule has 15 amide bonds. The van der Waals surface area contributed by atoms with Crippen LogP contribution in [0.2, 0.25) is 0 Å². The number of benzene rings is 4. The molecular weight excluding hydrogens is 1940 g/mol. The molecule has 3 aliphatic heterocycles. The summed E-state index contributed by atoms with van der Waals surface area (Å²) in [7, 11) is 1.67. The van der Waals surface area contributed by atoms with Gasteiger partial charge in [-0.25, -0.2) is 0 Å². The molecule has 0 aromatic heterocycles. The van der Waals surface area contributed by atoms with Crippen LogP contribution in [0.15, 0.2) is 109 Å². The van der Waals surface area contributed by atoms with Crippen LogP contribution in [0.4, 0.5) is 0 Å². The molecule has 48 nitrogen and oxygen atoms in total. The third-order valence-corrected chi connectivity index (χ3v) is 27.4. The minimum atomic E-state index is -2.03. The Morgan fingerprint density at radius 3 is 1.46 bits per heavy atom. The number of nitrogens with two attached hydrogens (primary N) is 5. The first-order valence-electron chi connectivity index (χ1n) is 49.0. The fourth-order valence-electron chi connectivity index (χ4n) is 17.0. The van der Waals surface area contributed by atoms with Crippen LogP contribution >= 0.6 is 21.6 Å². The lowest BCUT2D eigenvalue weighted by Crippen LogP contribution is -2.62. The number of Topliss-reactive ketones (excluding diaryl/α,β-unsaturated/α-hetero) is 1. The van der Waals surface area contributed by atoms with E-state index in [-0.39, 0.29) is 158 Å². The predicted molar refractivity (Wildman–Crippen MR) is 551 cm³/mol. The van der Waals surface area contributed by atoms with E-state index in [1.54, 1.807) is 87.2 Å². The maximum Gasteiger partial charge on any atom is 0.305 e. The number of nitrogens with zero attached hydrogens (tertiary/aromatic N) is 2. The van der Waals surface area contributed by atoms with Crippen LogP contribution in [0, 0.1) is 39.4 Å². The number of hydrogen-bond acceptors (Lipinski definition) is 26. The Morgan fingerprint density at radius 2 is 0.946 bits per heavy atom. The van der Waals surface area contributed by atoms with E-state index in [0.717, 1.165) is 44.5 Å². The van der Waals surface area contributed by atoms with E-state index in [0.29, 0.717) is 11.1 Å². The van der Waals surface area contributed by atoms with Crippen molar-refractivity contribution >= 4 is 146 Å². The number of aliphatic hydroxyl groups excluding tert-OH is 1. The van der Waals surface area contributed by atoms with Crippen LogP contribution in [-0.4, -0.2) is 304 Å². The molecule has 3 fully saturated rings. The second-order valence-corrected chi connectivity index (χ2v) is 39.8. The van der Waals surface area contributed by atoms with Crippen LogP contribution in [0.3, 0.4) is 0 Å². The summed E-state index contributed by atoms with van der Waals surface area (Å²) < 4.78 is 0. The van der Waals surface area contributed by atoms with Gasteiger partial charge < -0.3 is 139 Å². The number of nitrogens with one attached hydrogen (secondary N) is 21. The van der Waals surface area contributed by atoms with Gasteiger partial charge in [-0.1, -0.05) is 167 Å². The standard InChI is InChI=1S/C97H144N28O20S2/c1-8-54(6)78-91(143)119-71(49-126)87(139)116-68(46-57-31-35-61(128)36-32-57)85(137)118-70(47-76(130)131)93(145)125-42-19-28-74(125)89(141)122-77(53(4)5)90(142)121-73(88(140)114-65(26-17-40-109-96(103)104)82(134)112-63(80(98)132)24-15-38-107-94(99)100)51-147-146-50-72(120-83(135)66(27-18-41-110-97(105)106)113-81(133)64(111-55(7)127)25-16-39-108-95(101)102)75(129)48-124-43-37-62(60-22-13-10-14-23-60)79(124)92(144)117-67(44-52(2)3)84(136)115-69(86(138)123-78)45-56-29-33-59(34-30-56)58-20-11-9-12-21-58/h9-14,20-23,29-36,52-54,62-74,77-79,126,128H,8,15-19,24-28,37-51H2,1-7H3,(H2,98,132)(H,111,127)(H,112,134)(H,113,133)(H,114,140)(H,115,136)(H,116,139)(H,117,144)(H,118,137)(H,119,143)(H,120,135)(H,121,142)(H,122,141)(H,123,138)(H,130,131)(H4,99,100,107)(H4,101,102,108)(H4,103,104,109)(H4,105,106,110)/t54-,62+,63-,64-,65-,66-,67-,68-,69-,70-,71-,72-,73-,74-,77-,78-,79-/m0/s1. The number of carboxylic acids is 1. The van der Waals surface area contributed by atoms with Crippen LogP contribution < -0.4 is 119 Å². The number of phenols is 1. The molecule has 3 aliphatic rings. The lowest BCUT2D eigenvalue weighted by atomic mass is 9.90. The van der Waals surface area contributed by atoms with Crippen LogP contribution in [-0.2, 0) is 94.3 Å². The second kappa shape index (κ2) is 60.5. The van der Waals surface area contributed by atoms with E-state index in [9.17, 15) is 44.1 Å². The van der Waals surface area contributed by atoms with Gasteiger partial charge >= 0.3 is 5.97 Å². The molecule has 17 atom stereocenters. The number of aliphatic hydroxyl groups is 1. The van der Waals surface area contributed by atoms with Crippen LogP contribution in [0.1, 0.15) is 161 Å². The minimum absolute atomic E-state index is 0.00161. The van der Waals surface area contributed by atoms with E-state index in [1.165, 1.54) is 38.1 Å². The van der Waals surface area contributed by atoms with Gasteiger partial charge in [0.1, 0.15) is 84.3 Å². The molecule has 147 heavy (non-hydrogen) atoms. The number of carbonyl (C=O) groups excluding carboxylic acids is 16. The molecule has 0 radical (unpaired) electrons. The van der Waals surface area contributed by atoms with E-state index < -0.39 is 258 Å². The number of carbonyl (C=O) groups is 17. The van der Waals surface area contributed by atoms with Crippen molar-refractivity contribution in [2.24, 2.45) is 46.4 Å². The number of phenolic OH excluding ortho intramolecular Hbond substituents is 1. The van der Waals surface area contributed by atoms with Gasteiger partial charge in [0, 0.05) is 76.5 Å². The highest BCUT2D eigenvalue weighted by Gasteiger charge is 2.47. The molecular formula is C97H144N28O20S2. The molecule has 0 bridgehead atoms. The molecule has 804 valence electrons. The largest absolute Gasteiger partial charge is 0.508 e. The summed E-state index contributed by atoms with van der Waals surface area (Å²) in [6, 6.07) is 6.31. The molecule has 7 rings (SSSR count). The van der Waals surface area contributed by atoms with Gasteiger partial charge in [-0.15, -0.1) is 0 Å². The Balaban J connectivity index is 1.42. The van der Waals surface area contributed by atoms with Gasteiger partial charge in [0.05, 0.1) is 31.7 Å². The zero-order valence-electron chi connectivity index (χ0n) is 83.6. The summed E-state index contributed by atoms with van der Waals surface area (Å²) in [5.41, 5.74) is 31.1. The average molecular weight is 2090 g/mol. The fraction of sp³-hybridized carbons (Fsp3) is 0.536. The Hall–Kier alpha value is -14.4. The van der Waals surface area contributed by atoms with Gasteiger partial charge in [-0.05, 0) is 135 Å². The zero-order chi connectivity index (χ0) is 108. The number of carboxylic acid groups (broad SMARTS) is 1. The summed E-state index contributed by atoms with van der Waals surface area (Å²) >= 11 is 0. The van der Waals surface area contributed by atoms with Crippen molar-refractivity contribution in [1.82, 2.24) is 100 Å². The Bertz CT molecular complexity index is 5210. The number of aliphatic carboxylic acids is 1. The van der Waals surface area contributed by atoms with E-state index in [1.807, 2.05) is 30.3 Å². The zero-order valence-corrected chi connectivity index (χ0v) is 85.3. The first-order chi connectivity index (χ1) is 69.8. The Kier molecular flexibility index (Phi) is 49.2. The van der Waals surface area contributed by atoms with Gasteiger partial charge in [0.25, 0.3) is 0 Å². The number of primary amides is 1. The highest BCUT2D eigenvalue weighted by molar-refractivity contribution is 8.76. The van der Waals surface area contributed by atoms with Crippen LogP contribution in [0.5, 0.6) is 5.75 Å². The monoisotopic (exact) mass is 2090 g/mol. The summed E-state index contributed by atoms with van der Waals surface area (Å²) in [5.74, 6) is -22.9. The summed E-state index contributed by atoms with van der Waals surface area (Å²) in [4.78, 5) is 255. The average Bonchev–Trinajstić information content (AvgIpc) is 1.65. The molecule has 34 N–H and O–H groups in total. The normalized spacial score (nSPS) is 22.1. The number of ketones is 1. The second-order valence-electron chi connectivity index (χ2n) is 37.3. The number of aromatic hydroxyl groups is 1. The van der Waals surface area contributed by atoms with Gasteiger partial charge in [-0.3, -0.25) is 108 Å². The molecule has 0 aliphatic carbocycles. The number of hydrogen-bond donors (Lipinski definition) is 29. The molecule has 4 aromatic carbocycles. The van der Waals surface area contributed by atoms with Gasteiger partial charge in [0.15, 0.2) is 29.6 Å². The SMILES string of the molecule is CC[C@H](C)[C@@H]1NC(=O)[C@H](Cc2ccc(-c3ccccc3)cc2)NC(=O)[C@H](CC(C)C)NC(=O)[C@@H]2[C@@H](c3ccccc3)CCN2CC(=O)[C@@H](NC(=O)[C@H](CCCNC(=N)N)NC(=O)[C@H](CCCNC(=N)N)NC(C)=O)CSSC[C@@H](C(=O)N[C@@H](CCCNC(=N)N)C(=O)N[C@@H](CCCNC(=N)N)C(N)=O)NC(=O)[C@H](C(C)C)NC(=O)[C@@H]2CCCN2C(=O)[C@H](CC(=O)O)NC(=O)[C@H](Cc2ccc(O)cc2)NC(=O)[C@H](CO)NC1=O. The van der Waals surface area contributed by atoms with Crippen molar-refractivity contribution in [1.29, 1.82) is 21.6 Å². The number of fused-ring (bicyclic) bond motifs is 2. The molecule has 0 spiro atoms. The van der Waals surface area contributed by atoms with Crippen molar-refractivity contribution in [2.45, 2.75) is 248 Å². The molecule has 4 aromatic rings. The summed E-state index contributed by atoms with van der Waals surface area (Å²) in [6.45, 7) is 9.10. The number of amides is 15. The number of guanidine groups is 4. The Labute approximate surface area is 860 Å². The smallest absolute Gasteiger partial charge is 0.305 e. The maximum atomic E-state index is 16.0. The predicted octanol–water partition coefficient (Wildman–Crippen LogP) is -3.27. The lowest BCUT2D eigenvalue weighted by Gasteiger charge is -2.32. The van der Waals surface area contributed by atoms with Crippen molar-refractivity contribution in [3.63, 3.8) is 0 Å². The first kappa shape index (κ1) is 120. The van der Waals surface area contributed by atoms with Crippen molar-refractivity contribution in [2.75, 3.05) is 63.9 Å². The van der Waals surface area contributed by atoms with Crippen molar-refractivity contribution < 1.29 is 96.8 Å². The number of rotatable bonds is 40. The maximum absolute atomic E-state index is 16.0. The van der Waals surface area contributed by atoms with E-state index >= 15 is 52.7 Å². The summed E-state index contributed by atoms with van der Waals surface area (Å²) in [6.07, 6.45) is -1.89. The van der Waals surface area contributed by atoms with Gasteiger partial charge in [0.2, 0.25) is 88.6 Å².